The van der Waals surface area contributed by atoms with Crippen molar-refractivity contribution in [2.75, 3.05) is 11.5 Å². The fourth-order valence-corrected chi connectivity index (χ4v) is 5.09. The fraction of sp³-hybridized carbons (Fsp3) is 0.444. The summed E-state index contributed by atoms with van der Waals surface area (Å²) in [5, 5.41) is 0. The molecule has 33 heavy (non-hydrogen) atoms. The number of benzene rings is 2. The highest BCUT2D eigenvalue weighted by atomic mass is 16.5. The molecule has 1 aliphatic carbocycles. The van der Waals surface area contributed by atoms with Crippen LogP contribution in [0.15, 0.2) is 54.6 Å². The zero-order chi connectivity index (χ0) is 24.0. The highest BCUT2D eigenvalue weighted by Crippen LogP contribution is 2.69. The van der Waals surface area contributed by atoms with Crippen LogP contribution in [0.25, 0.3) is 0 Å². The molecule has 6 heteroatoms. The normalized spacial score (nSPS) is 21.2. The van der Waals surface area contributed by atoms with Gasteiger partial charge in [0.2, 0.25) is 11.8 Å². The lowest BCUT2D eigenvalue weighted by atomic mass is 10.0. The Hall–Kier alpha value is -3.15. The van der Waals surface area contributed by atoms with Gasteiger partial charge < -0.3 is 9.64 Å². The maximum atomic E-state index is 13.8. The first-order valence-electron chi connectivity index (χ1n) is 11.5. The van der Waals surface area contributed by atoms with Crippen molar-refractivity contribution >= 4 is 23.4 Å². The van der Waals surface area contributed by atoms with E-state index in [1.165, 1.54) is 4.90 Å². The second kappa shape index (κ2) is 8.32. The number of ether oxygens (including phenoxy) is 1. The fourth-order valence-electron chi connectivity index (χ4n) is 5.09. The van der Waals surface area contributed by atoms with Gasteiger partial charge in [0.1, 0.15) is 11.8 Å². The molecule has 0 radical (unpaired) electrons. The van der Waals surface area contributed by atoms with Crippen LogP contribution in [0.4, 0.5) is 5.69 Å². The van der Waals surface area contributed by atoms with Crippen molar-refractivity contribution in [3.05, 3.63) is 60.2 Å². The third kappa shape index (κ3) is 3.92. The van der Waals surface area contributed by atoms with Gasteiger partial charge in [0.05, 0.1) is 18.7 Å². The average molecular weight is 449 g/mol. The molecule has 1 atom stereocenters. The van der Waals surface area contributed by atoms with Crippen LogP contribution < -0.4 is 9.64 Å². The van der Waals surface area contributed by atoms with Gasteiger partial charge in [-0.2, -0.15) is 0 Å². The molecule has 2 fully saturated rings. The molecule has 2 aliphatic rings. The summed E-state index contributed by atoms with van der Waals surface area (Å²) < 4.78 is 5.47. The van der Waals surface area contributed by atoms with Gasteiger partial charge in [-0.05, 0) is 47.6 Å². The second-order valence-corrected chi connectivity index (χ2v) is 10.0. The maximum Gasteiger partial charge on any atom is 0.257 e. The summed E-state index contributed by atoms with van der Waals surface area (Å²) in [6, 6.07) is 15.7. The van der Waals surface area contributed by atoms with E-state index >= 15 is 0 Å². The lowest BCUT2D eigenvalue weighted by molar-refractivity contribution is -0.141. The summed E-state index contributed by atoms with van der Waals surface area (Å²) in [4.78, 5) is 43.1. The van der Waals surface area contributed by atoms with Crippen molar-refractivity contribution in [2.24, 2.45) is 16.7 Å². The summed E-state index contributed by atoms with van der Waals surface area (Å²) in [6.07, 6.45) is -0.0157. The van der Waals surface area contributed by atoms with E-state index in [1.54, 1.807) is 29.2 Å². The summed E-state index contributed by atoms with van der Waals surface area (Å²) in [5.41, 5.74) is 1.09. The standard InChI is InChI=1S/C27H32N2O4/c1-6-33-20-14-12-19(13-15-20)29-22(30)16-21(24(29)31)28(17-18-10-8-7-9-11-18)25(32)23-26(2,3)27(23,4)5/h7-15,21,23H,6,16-17H2,1-5H3. The monoisotopic (exact) mass is 448 g/mol. The van der Waals surface area contributed by atoms with Gasteiger partial charge in [-0.25, -0.2) is 4.90 Å². The number of carbonyl (C=O) groups excluding carboxylic acids is 3. The maximum absolute atomic E-state index is 13.8. The van der Waals surface area contributed by atoms with Gasteiger partial charge in [-0.1, -0.05) is 58.0 Å². The van der Waals surface area contributed by atoms with E-state index in [0.717, 1.165) is 5.56 Å². The molecule has 1 saturated heterocycles. The first-order chi connectivity index (χ1) is 15.6. The second-order valence-electron chi connectivity index (χ2n) is 10.0. The molecule has 2 aromatic carbocycles. The number of hydrogen-bond donors (Lipinski definition) is 0. The molecule has 4 rings (SSSR count). The molecule has 0 N–H and O–H groups in total. The van der Waals surface area contributed by atoms with Crippen LogP contribution in [0.5, 0.6) is 5.75 Å². The van der Waals surface area contributed by atoms with Gasteiger partial charge in [0.25, 0.3) is 5.91 Å². The molecule has 0 bridgehead atoms. The molecule has 6 nitrogen and oxygen atoms in total. The Morgan fingerprint density at radius 1 is 1.00 bits per heavy atom. The number of anilines is 1. The molecule has 1 aliphatic heterocycles. The van der Waals surface area contributed by atoms with E-state index in [2.05, 4.69) is 27.7 Å². The predicted molar refractivity (Wildman–Crippen MR) is 127 cm³/mol. The van der Waals surface area contributed by atoms with Gasteiger partial charge in [0, 0.05) is 12.5 Å². The minimum atomic E-state index is -0.816. The summed E-state index contributed by atoms with van der Waals surface area (Å²) in [5.74, 6) is -0.236. The van der Waals surface area contributed by atoms with Crippen LogP contribution in [-0.4, -0.2) is 35.3 Å². The smallest absolute Gasteiger partial charge is 0.257 e. The highest BCUT2D eigenvalue weighted by molar-refractivity contribution is 6.23. The van der Waals surface area contributed by atoms with Gasteiger partial charge >= 0.3 is 0 Å². The number of imide groups is 1. The van der Waals surface area contributed by atoms with Crippen LogP contribution in [0.3, 0.4) is 0 Å². The molecule has 1 heterocycles. The predicted octanol–water partition coefficient (Wildman–Crippen LogP) is 4.43. The Bertz CT molecular complexity index is 1050. The minimum Gasteiger partial charge on any atom is -0.494 e. The van der Waals surface area contributed by atoms with E-state index in [1.807, 2.05) is 37.3 Å². The molecule has 0 aromatic heterocycles. The molecule has 1 saturated carbocycles. The van der Waals surface area contributed by atoms with Gasteiger partial charge in [-0.3, -0.25) is 14.4 Å². The van der Waals surface area contributed by atoms with Crippen LogP contribution in [-0.2, 0) is 20.9 Å². The Labute approximate surface area is 195 Å². The largest absolute Gasteiger partial charge is 0.494 e. The van der Waals surface area contributed by atoms with Crippen molar-refractivity contribution in [1.82, 2.24) is 4.90 Å². The van der Waals surface area contributed by atoms with Crippen molar-refractivity contribution in [3.63, 3.8) is 0 Å². The number of carbonyl (C=O) groups is 3. The van der Waals surface area contributed by atoms with Crippen molar-refractivity contribution < 1.29 is 19.1 Å². The molecule has 2 aromatic rings. The van der Waals surface area contributed by atoms with Gasteiger partial charge in [-0.15, -0.1) is 0 Å². The summed E-state index contributed by atoms with van der Waals surface area (Å²) in [6.45, 7) is 11.1. The quantitative estimate of drug-likeness (QED) is 0.588. The third-order valence-corrected chi connectivity index (χ3v) is 7.65. The van der Waals surface area contributed by atoms with Crippen molar-refractivity contribution in [3.8, 4) is 5.75 Å². The zero-order valence-corrected chi connectivity index (χ0v) is 20.0. The van der Waals surface area contributed by atoms with E-state index in [9.17, 15) is 14.4 Å². The van der Waals surface area contributed by atoms with Gasteiger partial charge in [0.15, 0.2) is 0 Å². The summed E-state index contributed by atoms with van der Waals surface area (Å²) in [7, 11) is 0. The Balaban J connectivity index is 1.63. The third-order valence-electron chi connectivity index (χ3n) is 7.65. The first kappa shape index (κ1) is 23.0. The van der Waals surface area contributed by atoms with E-state index < -0.39 is 6.04 Å². The molecular formula is C27H32N2O4. The van der Waals surface area contributed by atoms with E-state index in [0.29, 0.717) is 24.6 Å². The Morgan fingerprint density at radius 3 is 2.15 bits per heavy atom. The van der Waals surface area contributed by atoms with Crippen LogP contribution >= 0.6 is 0 Å². The molecule has 3 amide bonds. The molecular weight excluding hydrogens is 416 g/mol. The van der Waals surface area contributed by atoms with Crippen LogP contribution in [0.2, 0.25) is 0 Å². The van der Waals surface area contributed by atoms with E-state index in [-0.39, 0.29) is 40.9 Å². The Kier molecular flexibility index (Phi) is 5.81. The minimum absolute atomic E-state index is 0.0157. The molecule has 0 spiro atoms. The van der Waals surface area contributed by atoms with Crippen LogP contribution in [0, 0.1) is 16.7 Å². The summed E-state index contributed by atoms with van der Waals surface area (Å²) >= 11 is 0. The number of rotatable bonds is 7. The van der Waals surface area contributed by atoms with Crippen molar-refractivity contribution in [1.29, 1.82) is 0 Å². The molecule has 1 unspecified atom stereocenters. The first-order valence-corrected chi connectivity index (χ1v) is 11.5. The lowest BCUT2D eigenvalue weighted by Crippen LogP contribution is -2.46. The number of nitrogens with zero attached hydrogens (tertiary/aromatic N) is 2. The van der Waals surface area contributed by atoms with E-state index in [4.69, 9.17) is 4.74 Å². The SMILES string of the molecule is CCOc1ccc(N2C(=O)CC(N(Cc3ccccc3)C(=O)C3C(C)(C)C3(C)C)C2=O)cc1. The zero-order valence-electron chi connectivity index (χ0n) is 20.0. The van der Waals surface area contributed by atoms with Crippen LogP contribution in [0.1, 0.15) is 46.6 Å². The average Bonchev–Trinajstić information content (AvgIpc) is 3.01. The molecule has 174 valence electrons. The topological polar surface area (TPSA) is 66.9 Å². The number of amides is 3. The highest BCUT2D eigenvalue weighted by Gasteiger charge is 2.69. The lowest BCUT2D eigenvalue weighted by Gasteiger charge is -2.29. The number of hydrogen-bond acceptors (Lipinski definition) is 4. The Morgan fingerprint density at radius 2 is 1.61 bits per heavy atom. The van der Waals surface area contributed by atoms with Crippen molar-refractivity contribution in [2.45, 2.75) is 53.6 Å².